The molecule has 0 unspecified atom stereocenters. The molecule has 0 bridgehead atoms. The highest BCUT2D eigenvalue weighted by Gasteiger charge is 2.43. The molecule has 8 heteroatoms. The standard InChI is InChI=1S/C22H29N5O2S/c1-2-23-21-24-19-17(28)12-16(29-20(19)30-21)13-27-14-18(25-26-27)22(10-6-7-11-22)15-8-4-3-5-9-15/h3-5,8-9,14,16-17,19-20,28H,2,6-7,10-13H2,1H3,(H,23,24)/t16-,17-,19+,20+/m0/s1. The summed E-state index contributed by atoms with van der Waals surface area (Å²) in [7, 11) is 0. The normalized spacial score (nSPS) is 30.1. The van der Waals surface area contributed by atoms with Crippen LogP contribution in [0.1, 0.15) is 50.3 Å². The Morgan fingerprint density at radius 2 is 2.07 bits per heavy atom. The van der Waals surface area contributed by atoms with E-state index in [1.54, 1.807) is 11.8 Å². The number of nitrogens with zero attached hydrogens (tertiary/aromatic N) is 4. The van der Waals surface area contributed by atoms with Gasteiger partial charge in [-0.1, -0.05) is 60.1 Å². The fourth-order valence-electron chi connectivity index (χ4n) is 5.04. The lowest BCUT2D eigenvalue weighted by Crippen LogP contribution is -2.45. The molecule has 4 atom stereocenters. The Kier molecular flexibility index (Phi) is 5.56. The molecule has 160 valence electrons. The molecule has 0 spiro atoms. The summed E-state index contributed by atoms with van der Waals surface area (Å²) in [6.45, 7) is 3.45. The van der Waals surface area contributed by atoms with Crippen LogP contribution in [0.5, 0.6) is 0 Å². The predicted molar refractivity (Wildman–Crippen MR) is 117 cm³/mol. The first-order chi connectivity index (χ1) is 14.7. The first kappa shape index (κ1) is 20.0. The maximum atomic E-state index is 10.6. The van der Waals surface area contributed by atoms with Crippen LogP contribution in [0.4, 0.5) is 0 Å². The van der Waals surface area contributed by atoms with Gasteiger partial charge < -0.3 is 15.2 Å². The monoisotopic (exact) mass is 427 g/mol. The molecule has 0 amide bonds. The summed E-state index contributed by atoms with van der Waals surface area (Å²) in [6.07, 6.45) is 6.70. The Morgan fingerprint density at radius 3 is 2.83 bits per heavy atom. The van der Waals surface area contributed by atoms with Crippen molar-refractivity contribution >= 4 is 16.9 Å². The molecule has 1 aromatic heterocycles. The molecule has 2 aliphatic heterocycles. The molecule has 30 heavy (non-hydrogen) atoms. The zero-order valence-electron chi connectivity index (χ0n) is 17.3. The molecule has 2 fully saturated rings. The molecule has 0 radical (unpaired) electrons. The van der Waals surface area contributed by atoms with E-state index in [9.17, 15) is 5.11 Å². The van der Waals surface area contributed by atoms with Crippen molar-refractivity contribution in [3.05, 3.63) is 47.8 Å². The maximum absolute atomic E-state index is 10.6. The lowest BCUT2D eigenvalue weighted by Gasteiger charge is -2.34. The predicted octanol–water partition coefficient (Wildman–Crippen LogP) is 2.70. The van der Waals surface area contributed by atoms with E-state index in [2.05, 4.69) is 57.1 Å². The third kappa shape index (κ3) is 3.65. The number of aliphatic imine (C=N–C) groups is 1. The van der Waals surface area contributed by atoms with E-state index in [-0.39, 0.29) is 23.0 Å². The highest BCUT2D eigenvalue weighted by atomic mass is 32.2. The lowest BCUT2D eigenvalue weighted by molar-refractivity contribution is -0.0766. The molecular weight excluding hydrogens is 398 g/mol. The largest absolute Gasteiger partial charge is 0.391 e. The third-order valence-electron chi connectivity index (χ3n) is 6.53. The van der Waals surface area contributed by atoms with E-state index in [4.69, 9.17) is 4.74 Å². The molecule has 3 heterocycles. The smallest absolute Gasteiger partial charge is 0.159 e. The highest BCUT2D eigenvalue weighted by Crippen LogP contribution is 2.45. The van der Waals surface area contributed by atoms with Gasteiger partial charge >= 0.3 is 0 Å². The zero-order valence-corrected chi connectivity index (χ0v) is 18.1. The molecule has 1 aliphatic carbocycles. The van der Waals surface area contributed by atoms with Crippen molar-refractivity contribution in [3.8, 4) is 0 Å². The molecule has 2 aromatic rings. The van der Waals surface area contributed by atoms with Gasteiger partial charge in [0.25, 0.3) is 0 Å². The van der Waals surface area contributed by atoms with Crippen molar-refractivity contribution in [1.29, 1.82) is 0 Å². The highest BCUT2D eigenvalue weighted by molar-refractivity contribution is 8.14. The van der Waals surface area contributed by atoms with Crippen molar-refractivity contribution in [2.45, 2.75) is 74.7 Å². The average molecular weight is 428 g/mol. The number of hydrogen-bond acceptors (Lipinski definition) is 7. The first-order valence-corrected chi connectivity index (χ1v) is 11.8. The Balaban J connectivity index is 1.30. The van der Waals surface area contributed by atoms with E-state index >= 15 is 0 Å². The Hall–Kier alpha value is -1.90. The Labute approximate surface area is 181 Å². The van der Waals surface area contributed by atoms with Gasteiger partial charge in [0, 0.05) is 24.6 Å². The minimum absolute atomic E-state index is 0.0343. The van der Waals surface area contributed by atoms with Crippen LogP contribution in [-0.4, -0.2) is 55.5 Å². The summed E-state index contributed by atoms with van der Waals surface area (Å²) in [6, 6.07) is 10.5. The molecule has 1 saturated carbocycles. The molecule has 2 N–H and O–H groups in total. The number of amidine groups is 1. The van der Waals surface area contributed by atoms with Gasteiger partial charge in [0.2, 0.25) is 0 Å². The topological polar surface area (TPSA) is 84.6 Å². The number of aromatic nitrogens is 3. The van der Waals surface area contributed by atoms with Crippen LogP contribution in [0.15, 0.2) is 41.5 Å². The summed E-state index contributed by atoms with van der Waals surface area (Å²) in [5.74, 6) is 0. The Bertz CT molecular complexity index is 896. The molecule has 3 aliphatic rings. The minimum atomic E-state index is -0.495. The van der Waals surface area contributed by atoms with Gasteiger partial charge in [0.15, 0.2) is 5.17 Å². The number of fused-ring (bicyclic) bond motifs is 1. The number of rotatable bonds is 5. The van der Waals surface area contributed by atoms with Gasteiger partial charge in [-0.3, -0.25) is 4.99 Å². The molecule has 1 saturated heterocycles. The van der Waals surface area contributed by atoms with E-state index in [1.165, 1.54) is 18.4 Å². The lowest BCUT2D eigenvalue weighted by atomic mass is 9.76. The van der Waals surface area contributed by atoms with E-state index in [0.717, 1.165) is 30.2 Å². The van der Waals surface area contributed by atoms with Gasteiger partial charge in [0.05, 0.1) is 24.4 Å². The van der Waals surface area contributed by atoms with Gasteiger partial charge in [-0.05, 0) is 25.3 Å². The van der Waals surface area contributed by atoms with Crippen LogP contribution in [0.25, 0.3) is 0 Å². The summed E-state index contributed by atoms with van der Waals surface area (Å²) in [5.41, 5.74) is 2.21. The van der Waals surface area contributed by atoms with Crippen LogP contribution < -0.4 is 5.32 Å². The average Bonchev–Trinajstić information content (AvgIpc) is 3.49. The van der Waals surface area contributed by atoms with Crippen LogP contribution in [0, 0.1) is 0 Å². The number of nitrogens with one attached hydrogen (secondary N) is 1. The number of aliphatic hydroxyl groups excluding tert-OH is 1. The van der Waals surface area contributed by atoms with Crippen molar-refractivity contribution < 1.29 is 9.84 Å². The van der Waals surface area contributed by atoms with Gasteiger partial charge in [-0.25, -0.2) is 4.68 Å². The second-order valence-electron chi connectivity index (χ2n) is 8.48. The van der Waals surface area contributed by atoms with Crippen molar-refractivity contribution in [3.63, 3.8) is 0 Å². The van der Waals surface area contributed by atoms with Crippen LogP contribution in [0.2, 0.25) is 0 Å². The fraction of sp³-hybridized carbons (Fsp3) is 0.591. The molecule has 1 aromatic carbocycles. The van der Waals surface area contributed by atoms with E-state index < -0.39 is 6.10 Å². The first-order valence-electron chi connectivity index (χ1n) is 11.0. The van der Waals surface area contributed by atoms with Gasteiger partial charge in [-0.2, -0.15) is 0 Å². The summed E-state index contributed by atoms with van der Waals surface area (Å²) < 4.78 is 8.16. The summed E-state index contributed by atoms with van der Waals surface area (Å²) >= 11 is 1.57. The molecule has 5 rings (SSSR count). The van der Waals surface area contributed by atoms with Crippen molar-refractivity contribution in [2.24, 2.45) is 4.99 Å². The quantitative estimate of drug-likeness (QED) is 0.763. The number of ether oxygens (including phenoxy) is 1. The van der Waals surface area contributed by atoms with Gasteiger partial charge in [0.1, 0.15) is 11.5 Å². The summed E-state index contributed by atoms with van der Waals surface area (Å²) in [5, 5.41) is 23.7. The molecule has 7 nitrogen and oxygen atoms in total. The SMILES string of the molecule is CCNC1=N[C@H]2[C@H](O[C@H](Cn3cc(C4(c5ccccc5)CCCC4)nn3)C[C@@H]2O)S1. The van der Waals surface area contributed by atoms with Gasteiger partial charge in [-0.15, -0.1) is 5.10 Å². The number of thioether (sulfide) groups is 1. The second kappa shape index (κ2) is 8.32. The second-order valence-corrected chi connectivity index (χ2v) is 9.57. The van der Waals surface area contributed by atoms with Crippen LogP contribution in [-0.2, 0) is 16.7 Å². The van der Waals surface area contributed by atoms with Crippen LogP contribution >= 0.6 is 11.8 Å². The number of benzene rings is 1. The number of hydrogen-bond donors (Lipinski definition) is 2. The van der Waals surface area contributed by atoms with Crippen molar-refractivity contribution in [1.82, 2.24) is 20.3 Å². The Morgan fingerprint density at radius 1 is 1.27 bits per heavy atom. The molecular formula is C22H29N5O2S. The minimum Gasteiger partial charge on any atom is -0.391 e. The van der Waals surface area contributed by atoms with E-state index in [0.29, 0.717) is 13.0 Å². The number of aliphatic hydroxyl groups is 1. The summed E-state index contributed by atoms with van der Waals surface area (Å²) in [4.78, 5) is 4.58. The third-order valence-corrected chi connectivity index (χ3v) is 7.62. The van der Waals surface area contributed by atoms with E-state index in [1.807, 2.05) is 11.6 Å². The van der Waals surface area contributed by atoms with Crippen molar-refractivity contribution in [2.75, 3.05) is 6.54 Å². The van der Waals surface area contributed by atoms with Crippen LogP contribution in [0.3, 0.4) is 0 Å². The maximum Gasteiger partial charge on any atom is 0.159 e. The zero-order chi connectivity index (χ0) is 20.6. The fourth-order valence-corrected chi connectivity index (χ4v) is 6.26.